The van der Waals surface area contributed by atoms with E-state index in [9.17, 15) is 0 Å². The smallest absolute Gasteiger partial charge is 0.149 e. The molecule has 0 radical (unpaired) electrons. The van der Waals surface area contributed by atoms with Gasteiger partial charge in [0.1, 0.15) is 11.6 Å². The zero-order valence-corrected chi connectivity index (χ0v) is 14.0. The summed E-state index contributed by atoms with van der Waals surface area (Å²) in [6, 6.07) is 13.6. The van der Waals surface area contributed by atoms with Gasteiger partial charge in [-0.25, -0.2) is 9.50 Å². The second-order valence-electron chi connectivity index (χ2n) is 5.63. The van der Waals surface area contributed by atoms with Gasteiger partial charge in [-0.2, -0.15) is 5.10 Å². The number of hydrogen-bond donors (Lipinski definition) is 1. The van der Waals surface area contributed by atoms with Crippen LogP contribution in [0.15, 0.2) is 61.1 Å². The van der Waals surface area contributed by atoms with E-state index in [-0.39, 0.29) is 0 Å². The molecule has 0 saturated carbocycles. The Kier molecular flexibility index (Phi) is 3.78. The fraction of sp³-hybridized carbons (Fsp3) is 0.105. The number of anilines is 2. The Bertz CT molecular complexity index is 1020. The van der Waals surface area contributed by atoms with E-state index >= 15 is 0 Å². The first-order chi connectivity index (χ1) is 12.2. The van der Waals surface area contributed by atoms with Crippen molar-refractivity contribution in [1.82, 2.24) is 19.6 Å². The number of pyridine rings is 1. The van der Waals surface area contributed by atoms with Crippen molar-refractivity contribution >= 4 is 17.0 Å². The highest BCUT2D eigenvalue weighted by Crippen LogP contribution is 2.27. The summed E-state index contributed by atoms with van der Waals surface area (Å²) in [5.41, 5.74) is 4.63. The Labute approximate surface area is 145 Å². The number of nitrogens with zero attached hydrogens (tertiary/aromatic N) is 4. The minimum atomic E-state index is 0.678. The second kappa shape index (κ2) is 6.24. The van der Waals surface area contributed by atoms with Crippen LogP contribution in [0.3, 0.4) is 0 Å². The fourth-order valence-electron chi connectivity index (χ4n) is 2.80. The molecule has 124 valence electrons. The normalized spacial score (nSPS) is 10.8. The maximum Gasteiger partial charge on any atom is 0.149 e. The minimum Gasteiger partial charge on any atom is -0.497 e. The number of aromatic nitrogens is 4. The first-order valence-electron chi connectivity index (χ1n) is 7.92. The van der Waals surface area contributed by atoms with Gasteiger partial charge in [0.05, 0.1) is 42.0 Å². The molecule has 0 spiro atoms. The van der Waals surface area contributed by atoms with Crippen LogP contribution in [0.4, 0.5) is 11.5 Å². The molecular weight excluding hydrogens is 314 g/mol. The Hall–Kier alpha value is -3.41. The molecular formula is C19H17N5O. The highest BCUT2D eigenvalue weighted by atomic mass is 16.5. The van der Waals surface area contributed by atoms with E-state index in [2.05, 4.69) is 15.4 Å². The van der Waals surface area contributed by atoms with E-state index in [4.69, 9.17) is 9.72 Å². The lowest BCUT2D eigenvalue weighted by atomic mass is 10.1. The van der Waals surface area contributed by atoms with Gasteiger partial charge in [0.25, 0.3) is 0 Å². The van der Waals surface area contributed by atoms with Crippen molar-refractivity contribution in [1.29, 1.82) is 0 Å². The number of fused-ring (bicyclic) bond motifs is 1. The molecule has 6 heteroatoms. The fourth-order valence-corrected chi connectivity index (χ4v) is 2.80. The monoisotopic (exact) mass is 331 g/mol. The highest BCUT2D eigenvalue weighted by molar-refractivity contribution is 5.80. The van der Waals surface area contributed by atoms with Crippen molar-refractivity contribution in [2.75, 3.05) is 12.4 Å². The van der Waals surface area contributed by atoms with Crippen molar-refractivity contribution < 1.29 is 4.74 Å². The lowest BCUT2D eigenvalue weighted by molar-refractivity contribution is 0.415. The van der Waals surface area contributed by atoms with Gasteiger partial charge >= 0.3 is 0 Å². The predicted molar refractivity (Wildman–Crippen MR) is 97.2 cm³/mol. The maximum atomic E-state index is 5.18. The standard InChI is InChI=1S/C19H17N5O/c1-13-19(17-5-3-4-10-24(17)23-13)16-11-20-12-18(22-16)21-14-6-8-15(25-2)9-7-14/h3-12H,1-2H3,(H,21,22). The van der Waals surface area contributed by atoms with Crippen molar-refractivity contribution in [2.24, 2.45) is 0 Å². The highest BCUT2D eigenvalue weighted by Gasteiger charge is 2.13. The van der Waals surface area contributed by atoms with Crippen LogP contribution >= 0.6 is 0 Å². The summed E-state index contributed by atoms with van der Waals surface area (Å²) in [5.74, 6) is 1.49. The number of rotatable bonds is 4. The van der Waals surface area contributed by atoms with Gasteiger partial charge in [0.15, 0.2) is 0 Å². The van der Waals surface area contributed by atoms with E-state index in [1.165, 1.54) is 0 Å². The molecule has 1 N–H and O–H groups in total. The Balaban J connectivity index is 1.70. The molecule has 0 saturated heterocycles. The van der Waals surface area contributed by atoms with Crippen molar-refractivity contribution in [3.05, 3.63) is 66.7 Å². The van der Waals surface area contributed by atoms with Crippen LogP contribution in [0.2, 0.25) is 0 Å². The number of methoxy groups -OCH3 is 1. The van der Waals surface area contributed by atoms with Crippen molar-refractivity contribution in [3.8, 4) is 17.0 Å². The number of nitrogens with one attached hydrogen (secondary N) is 1. The quantitative estimate of drug-likeness (QED) is 0.615. The molecule has 0 atom stereocenters. The van der Waals surface area contributed by atoms with Crippen LogP contribution in [-0.4, -0.2) is 26.7 Å². The van der Waals surface area contributed by atoms with Crippen LogP contribution in [-0.2, 0) is 0 Å². The lowest BCUT2D eigenvalue weighted by Crippen LogP contribution is -1.96. The lowest BCUT2D eigenvalue weighted by Gasteiger charge is -2.08. The summed E-state index contributed by atoms with van der Waals surface area (Å²) in [4.78, 5) is 9.04. The van der Waals surface area contributed by atoms with E-state index in [0.717, 1.165) is 33.9 Å². The molecule has 25 heavy (non-hydrogen) atoms. The van der Waals surface area contributed by atoms with Gasteiger partial charge in [0, 0.05) is 11.9 Å². The molecule has 0 amide bonds. The third kappa shape index (κ3) is 2.89. The number of hydrogen-bond acceptors (Lipinski definition) is 5. The molecule has 6 nitrogen and oxygen atoms in total. The molecule has 0 aliphatic rings. The zero-order chi connectivity index (χ0) is 17.2. The molecule has 0 unspecified atom stereocenters. The second-order valence-corrected chi connectivity index (χ2v) is 5.63. The van der Waals surface area contributed by atoms with E-state index in [1.54, 1.807) is 19.5 Å². The van der Waals surface area contributed by atoms with E-state index < -0.39 is 0 Å². The third-order valence-electron chi connectivity index (χ3n) is 3.97. The SMILES string of the molecule is COc1ccc(Nc2cncc(-c3c(C)nn4ccccc34)n2)cc1. The Morgan fingerprint density at radius 2 is 1.88 bits per heavy atom. The van der Waals surface area contributed by atoms with Crippen molar-refractivity contribution in [3.63, 3.8) is 0 Å². The largest absolute Gasteiger partial charge is 0.497 e. The summed E-state index contributed by atoms with van der Waals surface area (Å²) in [7, 11) is 1.65. The van der Waals surface area contributed by atoms with Gasteiger partial charge in [0.2, 0.25) is 0 Å². The zero-order valence-electron chi connectivity index (χ0n) is 14.0. The summed E-state index contributed by atoms with van der Waals surface area (Å²) in [5, 5.41) is 7.81. The topological polar surface area (TPSA) is 64.3 Å². The molecule has 0 aliphatic heterocycles. The van der Waals surface area contributed by atoms with Crippen LogP contribution in [0.1, 0.15) is 5.69 Å². The van der Waals surface area contributed by atoms with Gasteiger partial charge in [-0.1, -0.05) is 6.07 Å². The van der Waals surface area contributed by atoms with E-state index in [0.29, 0.717) is 5.82 Å². The molecule has 0 aliphatic carbocycles. The molecule has 3 heterocycles. The van der Waals surface area contributed by atoms with Gasteiger partial charge < -0.3 is 10.1 Å². The number of ether oxygens (including phenoxy) is 1. The molecule has 4 aromatic rings. The van der Waals surface area contributed by atoms with Crippen LogP contribution in [0.5, 0.6) is 5.75 Å². The molecule has 3 aromatic heterocycles. The average Bonchev–Trinajstić information content (AvgIpc) is 2.98. The van der Waals surface area contributed by atoms with E-state index in [1.807, 2.05) is 60.1 Å². The Morgan fingerprint density at radius 3 is 2.68 bits per heavy atom. The van der Waals surface area contributed by atoms with Crippen LogP contribution in [0, 0.1) is 6.92 Å². The molecule has 1 aromatic carbocycles. The molecule has 4 rings (SSSR count). The minimum absolute atomic E-state index is 0.678. The van der Waals surface area contributed by atoms with Crippen LogP contribution in [0.25, 0.3) is 16.8 Å². The summed E-state index contributed by atoms with van der Waals surface area (Å²) < 4.78 is 7.03. The summed E-state index contributed by atoms with van der Waals surface area (Å²) in [6.07, 6.45) is 5.39. The van der Waals surface area contributed by atoms with Crippen LogP contribution < -0.4 is 10.1 Å². The number of aryl methyl sites for hydroxylation is 1. The first kappa shape index (κ1) is 15.1. The third-order valence-corrected chi connectivity index (χ3v) is 3.97. The summed E-state index contributed by atoms with van der Waals surface area (Å²) in [6.45, 7) is 1.98. The first-order valence-corrected chi connectivity index (χ1v) is 7.92. The Morgan fingerprint density at radius 1 is 1.04 bits per heavy atom. The van der Waals surface area contributed by atoms with Gasteiger partial charge in [-0.3, -0.25) is 4.98 Å². The number of benzene rings is 1. The summed E-state index contributed by atoms with van der Waals surface area (Å²) >= 11 is 0. The maximum absolute atomic E-state index is 5.18. The van der Waals surface area contributed by atoms with Gasteiger partial charge in [-0.05, 0) is 43.3 Å². The predicted octanol–water partition coefficient (Wildman–Crippen LogP) is 3.85. The average molecular weight is 331 g/mol. The molecule has 0 bridgehead atoms. The molecule has 0 fully saturated rings. The van der Waals surface area contributed by atoms with Gasteiger partial charge in [-0.15, -0.1) is 0 Å². The van der Waals surface area contributed by atoms with Crippen molar-refractivity contribution in [2.45, 2.75) is 6.92 Å².